The third-order valence-electron chi connectivity index (χ3n) is 10.9. The number of aryl methyl sites for hydroxylation is 1. The van der Waals surface area contributed by atoms with E-state index in [2.05, 4.69) is 90.4 Å². The van der Waals surface area contributed by atoms with E-state index < -0.39 is 0 Å². The van der Waals surface area contributed by atoms with E-state index in [-0.39, 0.29) is 11.8 Å². The summed E-state index contributed by atoms with van der Waals surface area (Å²) in [6, 6.07) is 63.4. The lowest BCUT2D eigenvalue weighted by Crippen LogP contribution is -2.30. The standard InChI is InChI=1S/C51H34N2O2/c1-33-16-11-12-23-39(33)37-28-29-46-44(30-37)40-24-13-14-26-45(40)52(46)47-27-15-25-41-48(47)51(55)53(50(41)54)49-42(35-19-7-3-8-20-35)31-38(34-17-5-2-6-18-34)32-43(49)36-21-9-4-10-22-36/h2-32H,1H3. The number of anilines is 1. The molecule has 2 heterocycles. The topological polar surface area (TPSA) is 42.3 Å². The number of carbonyl (C=O) groups excluding carboxylic acids is 2. The quantitative estimate of drug-likeness (QED) is 0.162. The van der Waals surface area contributed by atoms with Crippen molar-refractivity contribution >= 4 is 39.3 Å². The molecule has 9 aromatic rings. The van der Waals surface area contributed by atoms with Crippen LogP contribution in [-0.2, 0) is 0 Å². The molecule has 0 unspecified atom stereocenters. The smallest absolute Gasteiger partial charge is 0.268 e. The van der Waals surface area contributed by atoms with Crippen LogP contribution in [0.4, 0.5) is 5.69 Å². The number of amides is 2. The van der Waals surface area contributed by atoms with Crippen molar-refractivity contribution in [2.45, 2.75) is 6.92 Å². The van der Waals surface area contributed by atoms with Crippen molar-refractivity contribution in [1.82, 2.24) is 4.57 Å². The van der Waals surface area contributed by atoms with E-state index in [0.717, 1.165) is 60.8 Å². The molecule has 0 bridgehead atoms. The molecule has 4 nitrogen and oxygen atoms in total. The molecule has 1 aliphatic rings. The lowest BCUT2D eigenvalue weighted by atomic mass is 9.90. The number of para-hydroxylation sites is 1. The van der Waals surface area contributed by atoms with Crippen LogP contribution in [0, 0.1) is 6.92 Å². The largest absolute Gasteiger partial charge is 0.308 e. The third kappa shape index (κ3) is 5.22. The highest BCUT2D eigenvalue weighted by atomic mass is 16.2. The van der Waals surface area contributed by atoms with Gasteiger partial charge in [-0.2, -0.15) is 0 Å². The fraction of sp³-hybridized carbons (Fsp3) is 0.0196. The second-order valence-electron chi connectivity index (χ2n) is 14.1. The molecule has 260 valence electrons. The summed E-state index contributed by atoms with van der Waals surface area (Å²) in [5, 5.41) is 2.16. The highest BCUT2D eigenvalue weighted by molar-refractivity contribution is 6.37. The number of aromatic nitrogens is 1. The van der Waals surface area contributed by atoms with Gasteiger partial charge in [0.25, 0.3) is 11.8 Å². The van der Waals surface area contributed by atoms with Gasteiger partial charge in [-0.1, -0.05) is 146 Å². The lowest BCUT2D eigenvalue weighted by Gasteiger charge is -2.24. The minimum absolute atomic E-state index is 0.341. The zero-order valence-corrected chi connectivity index (χ0v) is 30.1. The first-order valence-corrected chi connectivity index (χ1v) is 18.5. The van der Waals surface area contributed by atoms with E-state index in [4.69, 9.17) is 0 Å². The van der Waals surface area contributed by atoms with Gasteiger partial charge in [-0.3, -0.25) is 9.59 Å². The summed E-state index contributed by atoms with van der Waals surface area (Å²) in [6.45, 7) is 2.13. The molecule has 55 heavy (non-hydrogen) atoms. The van der Waals surface area contributed by atoms with Gasteiger partial charge in [0.05, 0.1) is 33.5 Å². The van der Waals surface area contributed by atoms with Crippen LogP contribution in [0.25, 0.3) is 72.0 Å². The summed E-state index contributed by atoms with van der Waals surface area (Å²) in [5.74, 6) is -0.689. The number of imide groups is 1. The molecule has 1 aliphatic heterocycles. The highest BCUT2D eigenvalue weighted by Crippen LogP contribution is 2.47. The Kier molecular flexibility index (Phi) is 7.63. The van der Waals surface area contributed by atoms with E-state index in [0.29, 0.717) is 22.5 Å². The van der Waals surface area contributed by atoms with Gasteiger partial charge in [0.15, 0.2) is 0 Å². The zero-order valence-electron chi connectivity index (χ0n) is 30.1. The Bertz CT molecular complexity index is 2900. The van der Waals surface area contributed by atoms with Crippen LogP contribution in [0.2, 0.25) is 0 Å². The molecule has 0 fully saturated rings. The number of hydrogen-bond donors (Lipinski definition) is 0. The van der Waals surface area contributed by atoms with E-state index in [1.54, 1.807) is 6.07 Å². The van der Waals surface area contributed by atoms with E-state index in [1.165, 1.54) is 16.0 Å². The molecular formula is C51H34N2O2. The van der Waals surface area contributed by atoms with Crippen LogP contribution in [0.5, 0.6) is 0 Å². The number of carbonyl (C=O) groups is 2. The van der Waals surface area contributed by atoms with Crippen LogP contribution >= 0.6 is 0 Å². The minimum Gasteiger partial charge on any atom is -0.308 e. The number of nitrogens with zero attached hydrogens (tertiary/aromatic N) is 2. The van der Waals surface area contributed by atoms with Crippen molar-refractivity contribution in [3.63, 3.8) is 0 Å². The lowest BCUT2D eigenvalue weighted by molar-refractivity contribution is 0.0926. The van der Waals surface area contributed by atoms with Crippen LogP contribution in [0.3, 0.4) is 0 Å². The maximum absolute atomic E-state index is 15.3. The number of benzene rings is 8. The molecule has 0 aliphatic carbocycles. The summed E-state index contributed by atoms with van der Waals surface area (Å²) >= 11 is 0. The van der Waals surface area contributed by atoms with E-state index in [9.17, 15) is 4.79 Å². The normalized spacial score (nSPS) is 12.5. The molecule has 4 heteroatoms. The zero-order chi connectivity index (χ0) is 37.0. The Balaban J connectivity index is 1.21. The SMILES string of the molecule is Cc1ccccc1-c1ccc2c(c1)c1ccccc1n2-c1cccc2c1C(=O)N(c1c(-c3ccccc3)cc(-c3ccccc3)cc1-c1ccccc1)C2=O. The van der Waals surface area contributed by atoms with Gasteiger partial charge >= 0.3 is 0 Å². The fourth-order valence-corrected chi connectivity index (χ4v) is 8.30. The van der Waals surface area contributed by atoms with Crippen LogP contribution in [-0.4, -0.2) is 16.4 Å². The average Bonchev–Trinajstić information content (AvgIpc) is 3.71. The summed E-state index contributed by atoms with van der Waals surface area (Å²) < 4.78 is 2.15. The first kappa shape index (κ1) is 32.4. The molecule has 10 rings (SSSR count). The molecule has 0 saturated carbocycles. The number of fused-ring (bicyclic) bond motifs is 4. The predicted molar refractivity (Wildman–Crippen MR) is 225 cm³/mol. The monoisotopic (exact) mass is 706 g/mol. The average molecular weight is 707 g/mol. The fourth-order valence-electron chi connectivity index (χ4n) is 8.30. The molecule has 0 atom stereocenters. The van der Waals surface area contributed by atoms with Gasteiger partial charge in [-0.25, -0.2) is 4.90 Å². The first-order chi connectivity index (χ1) is 27.1. The molecule has 2 amide bonds. The molecule has 0 N–H and O–H groups in total. The second kappa shape index (κ2) is 13.0. The molecule has 0 radical (unpaired) electrons. The van der Waals surface area contributed by atoms with E-state index >= 15 is 4.79 Å². The van der Waals surface area contributed by atoms with Crippen LogP contribution < -0.4 is 4.90 Å². The van der Waals surface area contributed by atoms with E-state index in [1.807, 2.05) is 103 Å². The maximum atomic E-state index is 15.3. The molecule has 8 aromatic carbocycles. The highest BCUT2D eigenvalue weighted by Gasteiger charge is 2.41. The Hall–Kier alpha value is -7.30. The Morgan fingerprint density at radius 2 is 0.945 bits per heavy atom. The summed E-state index contributed by atoms with van der Waals surface area (Å²) in [4.78, 5) is 31.6. The molecule has 0 spiro atoms. The van der Waals surface area contributed by atoms with Gasteiger partial charge in [0.1, 0.15) is 0 Å². The van der Waals surface area contributed by atoms with Crippen molar-refractivity contribution in [3.05, 3.63) is 205 Å². The molecule has 0 saturated heterocycles. The summed E-state index contributed by atoms with van der Waals surface area (Å²) in [5.41, 5.74) is 12.9. The van der Waals surface area contributed by atoms with Crippen molar-refractivity contribution in [2.75, 3.05) is 4.90 Å². The molecular weight excluding hydrogens is 673 g/mol. The first-order valence-electron chi connectivity index (χ1n) is 18.5. The van der Waals surface area contributed by atoms with Crippen LogP contribution in [0.1, 0.15) is 26.3 Å². The van der Waals surface area contributed by atoms with Gasteiger partial charge in [0, 0.05) is 21.9 Å². The summed E-state index contributed by atoms with van der Waals surface area (Å²) in [6.07, 6.45) is 0. The van der Waals surface area contributed by atoms with Gasteiger partial charge in [0.2, 0.25) is 0 Å². The summed E-state index contributed by atoms with van der Waals surface area (Å²) in [7, 11) is 0. The Labute approximate surface area is 319 Å². The van der Waals surface area contributed by atoms with Gasteiger partial charge in [-0.05, 0) is 88.3 Å². The number of rotatable bonds is 6. The second-order valence-corrected chi connectivity index (χ2v) is 14.1. The number of hydrogen-bond acceptors (Lipinski definition) is 2. The van der Waals surface area contributed by atoms with Crippen molar-refractivity contribution in [3.8, 4) is 50.2 Å². The third-order valence-corrected chi connectivity index (χ3v) is 10.9. The van der Waals surface area contributed by atoms with Crippen LogP contribution in [0.15, 0.2) is 188 Å². The predicted octanol–water partition coefficient (Wildman–Crippen LogP) is 12.6. The Morgan fingerprint density at radius 1 is 0.382 bits per heavy atom. The minimum atomic E-state index is -0.347. The maximum Gasteiger partial charge on any atom is 0.268 e. The van der Waals surface area contributed by atoms with Crippen molar-refractivity contribution < 1.29 is 9.59 Å². The molecule has 1 aromatic heterocycles. The van der Waals surface area contributed by atoms with Crippen molar-refractivity contribution in [1.29, 1.82) is 0 Å². The Morgan fingerprint density at radius 3 is 1.62 bits per heavy atom. The van der Waals surface area contributed by atoms with Crippen molar-refractivity contribution in [2.24, 2.45) is 0 Å². The van der Waals surface area contributed by atoms with Gasteiger partial charge < -0.3 is 4.57 Å². The van der Waals surface area contributed by atoms with Gasteiger partial charge in [-0.15, -0.1) is 0 Å².